The number of nitrogens with one attached hydrogen (secondary N) is 1. The Balaban J connectivity index is 1.25. The van der Waals surface area contributed by atoms with Gasteiger partial charge in [-0.25, -0.2) is 14.6 Å². The van der Waals surface area contributed by atoms with Crippen LogP contribution in [0, 0.1) is 0 Å². The molecule has 0 fully saturated rings. The third-order valence-corrected chi connectivity index (χ3v) is 5.62. The van der Waals surface area contributed by atoms with Gasteiger partial charge < -0.3 is 18.9 Å². The maximum absolute atomic E-state index is 12.1. The average Bonchev–Trinajstić information content (AvgIpc) is 3.27. The van der Waals surface area contributed by atoms with Crippen LogP contribution in [0.1, 0.15) is 23.4 Å². The number of fused-ring (bicyclic) bond motifs is 4. The number of aromatic nitrogens is 2. The van der Waals surface area contributed by atoms with Crippen LogP contribution < -0.4 is 15.9 Å². The molecule has 0 unspecified atom stereocenters. The van der Waals surface area contributed by atoms with Crippen LogP contribution in [-0.4, -0.2) is 22.5 Å². The van der Waals surface area contributed by atoms with Crippen molar-refractivity contribution >= 4 is 39.4 Å². The van der Waals surface area contributed by atoms with E-state index in [9.17, 15) is 14.4 Å². The number of rotatable bonds is 5. The van der Waals surface area contributed by atoms with Gasteiger partial charge in [0.2, 0.25) is 0 Å². The molecule has 8 nitrogen and oxygen atoms in total. The minimum atomic E-state index is -0.644. The quantitative estimate of drug-likeness (QED) is 0.365. The van der Waals surface area contributed by atoms with E-state index < -0.39 is 5.97 Å². The number of ether oxygens (including phenoxy) is 2. The van der Waals surface area contributed by atoms with E-state index in [0.29, 0.717) is 27.3 Å². The number of aromatic amines is 1. The van der Waals surface area contributed by atoms with Crippen LogP contribution in [0.2, 0.25) is 5.02 Å². The first kappa shape index (κ1) is 20.3. The standard InChI is InChI=1S/C23H17ClN2O6/c24-12-4-6-17-18(8-12)25-20(26-22(17)28)10-31-21(27)11-30-13-5-7-15-14-2-1-3-16(14)23(29)32-19(15)9-13/h4-9H,1-3,10-11H2,(H,25,26,28). The maximum atomic E-state index is 12.1. The lowest BCUT2D eigenvalue weighted by Gasteiger charge is -2.09. The van der Waals surface area contributed by atoms with Crippen molar-refractivity contribution in [1.29, 1.82) is 0 Å². The fourth-order valence-electron chi connectivity index (χ4n) is 3.92. The van der Waals surface area contributed by atoms with Crippen molar-refractivity contribution in [2.75, 3.05) is 6.61 Å². The number of carbonyl (C=O) groups is 1. The van der Waals surface area contributed by atoms with Gasteiger partial charge >= 0.3 is 11.6 Å². The number of carbonyl (C=O) groups excluding carboxylic acids is 1. The number of halogens is 1. The van der Waals surface area contributed by atoms with E-state index in [2.05, 4.69) is 9.97 Å². The second kappa shape index (κ2) is 8.12. The monoisotopic (exact) mass is 452 g/mol. The highest BCUT2D eigenvalue weighted by Gasteiger charge is 2.19. The minimum Gasteiger partial charge on any atom is -0.482 e. The van der Waals surface area contributed by atoms with Crippen molar-refractivity contribution in [2.45, 2.75) is 25.9 Å². The van der Waals surface area contributed by atoms with Crippen LogP contribution in [0.25, 0.3) is 21.9 Å². The Hall–Kier alpha value is -3.65. The minimum absolute atomic E-state index is 0.194. The zero-order valence-electron chi connectivity index (χ0n) is 16.8. The van der Waals surface area contributed by atoms with Gasteiger partial charge in [0.25, 0.3) is 5.56 Å². The van der Waals surface area contributed by atoms with E-state index in [1.807, 2.05) is 6.07 Å². The van der Waals surface area contributed by atoms with E-state index in [-0.39, 0.29) is 30.2 Å². The zero-order chi connectivity index (χ0) is 22.2. The highest BCUT2D eigenvalue weighted by Crippen LogP contribution is 2.29. The van der Waals surface area contributed by atoms with Crippen LogP contribution >= 0.6 is 11.6 Å². The van der Waals surface area contributed by atoms with Crippen molar-refractivity contribution in [3.05, 3.63) is 79.1 Å². The third-order valence-electron chi connectivity index (χ3n) is 5.39. The lowest BCUT2D eigenvalue weighted by atomic mass is 10.1. The summed E-state index contributed by atoms with van der Waals surface area (Å²) in [6.45, 7) is -0.580. The van der Waals surface area contributed by atoms with E-state index in [1.165, 1.54) is 0 Å². The Bertz CT molecular complexity index is 1490. The van der Waals surface area contributed by atoms with Gasteiger partial charge in [0, 0.05) is 22.0 Å². The Morgan fingerprint density at radius 1 is 1.09 bits per heavy atom. The predicted molar refractivity (Wildman–Crippen MR) is 117 cm³/mol. The zero-order valence-corrected chi connectivity index (χ0v) is 17.5. The molecule has 2 aromatic carbocycles. The summed E-state index contributed by atoms with van der Waals surface area (Å²) in [6.07, 6.45) is 2.52. The summed E-state index contributed by atoms with van der Waals surface area (Å²) in [6, 6.07) is 9.89. The van der Waals surface area contributed by atoms with Crippen LogP contribution in [0.5, 0.6) is 5.75 Å². The number of nitrogens with zero attached hydrogens (tertiary/aromatic N) is 1. The fourth-order valence-corrected chi connectivity index (χ4v) is 4.08. The number of aryl methyl sites for hydroxylation is 1. The summed E-state index contributed by atoms with van der Waals surface area (Å²) >= 11 is 5.94. The molecule has 1 aliphatic rings. The Morgan fingerprint density at radius 3 is 2.78 bits per heavy atom. The molecule has 0 radical (unpaired) electrons. The fraction of sp³-hybridized carbons (Fsp3) is 0.217. The van der Waals surface area contributed by atoms with Gasteiger partial charge in [-0.1, -0.05) is 11.6 Å². The number of hydrogen-bond donors (Lipinski definition) is 1. The molecule has 0 amide bonds. The van der Waals surface area contributed by atoms with Crippen LogP contribution in [-0.2, 0) is 29.0 Å². The molecular formula is C23H17ClN2O6. The molecule has 0 spiro atoms. The normalized spacial score (nSPS) is 12.8. The third kappa shape index (κ3) is 3.85. The number of esters is 1. The second-order valence-electron chi connectivity index (χ2n) is 7.48. The van der Waals surface area contributed by atoms with Crippen LogP contribution in [0.3, 0.4) is 0 Å². The maximum Gasteiger partial charge on any atom is 0.344 e. The summed E-state index contributed by atoms with van der Waals surface area (Å²) in [7, 11) is 0. The molecule has 9 heteroatoms. The first-order valence-electron chi connectivity index (χ1n) is 10.0. The summed E-state index contributed by atoms with van der Waals surface area (Å²) < 4.78 is 16.0. The van der Waals surface area contributed by atoms with Crippen molar-refractivity contribution in [3.8, 4) is 5.75 Å². The Morgan fingerprint density at radius 2 is 1.91 bits per heavy atom. The first-order chi connectivity index (χ1) is 15.5. The molecule has 162 valence electrons. The molecule has 0 atom stereocenters. The lowest BCUT2D eigenvalue weighted by Crippen LogP contribution is -2.18. The number of hydrogen-bond acceptors (Lipinski definition) is 7. The molecule has 4 aromatic rings. The summed E-state index contributed by atoms with van der Waals surface area (Å²) in [5.74, 6) is -0.0729. The Labute approximate surface area is 185 Å². The molecule has 0 aliphatic heterocycles. The number of H-pyrrole nitrogens is 1. The molecule has 0 saturated carbocycles. The summed E-state index contributed by atoms with van der Waals surface area (Å²) in [5, 5.41) is 1.72. The van der Waals surface area contributed by atoms with E-state index >= 15 is 0 Å². The number of benzene rings is 2. The molecule has 1 N–H and O–H groups in total. The SMILES string of the molecule is O=C(COc1ccc2c3c(c(=O)oc2c1)CCC3)OCc1nc2cc(Cl)ccc2c(=O)[nH]1. The molecule has 32 heavy (non-hydrogen) atoms. The molecule has 0 bridgehead atoms. The largest absolute Gasteiger partial charge is 0.482 e. The van der Waals surface area contributed by atoms with Crippen LogP contribution in [0.4, 0.5) is 0 Å². The molecule has 1 aliphatic carbocycles. The summed E-state index contributed by atoms with van der Waals surface area (Å²) in [4.78, 5) is 43.2. The second-order valence-corrected chi connectivity index (χ2v) is 7.92. The highest BCUT2D eigenvalue weighted by molar-refractivity contribution is 6.31. The average molecular weight is 453 g/mol. The summed E-state index contributed by atoms with van der Waals surface area (Å²) in [5.41, 5.74) is 1.95. The lowest BCUT2D eigenvalue weighted by molar-refractivity contribution is -0.147. The van der Waals surface area contributed by atoms with Crippen molar-refractivity contribution < 1.29 is 18.7 Å². The van der Waals surface area contributed by atoms with E-state index in [0.717, 1.165) is 35.8 Å². The first-order valence-corrected chi connectivity index (χ1v) is 10.4. The Kier molecular flexibility index (Phi) is 5.14. The molecule has 0 saturated heterocycles. The molecule has 2 heterocycles. The van der Waals surface area contributed by atoms with Gasteiger partial charge in [-0.15, -0.1) is 0 Å². The van der Waals surface area contributed by atoms with Crippen LogP contribution in [0.15, 0.2) is 50.4 Å². The highest BCUT2D eigenvalue weighted by atomic mass is 35.5. The van der Waals surface area contributed by atoms with Gasteiger partial charge in [0.1, 0.15) is 23.8 Å². The molecule has 2 aromatic heterocycles. The molecule has 5 rings (SSSR count). The van der Waals surface area contributed by atoms with Gasteiger partial charge in [-0.05, 0) is 55.2 Å². The predicted octanol–water partition coefficient (Wildman–Crippen LogP) is 3.29. The van der Waals surface area contributed by atoms with Crippen molar-refractivity contribution in [1.82, 2.24) is 9.97 Å². The van der Waals surface area contributed by atoms with E-state index in [1.54, 1.807) is 30.3 Å². The van der Waals surface area contributed by atoms with Gasteiger partial charge in [-0.3, -0.25) is 4.79 Å². The van der Waals surface area contributed by atoms with Crippen molar-refractivity contribution in [2.24, 2.45) is 0 Å². The van der Waals surface area contributed by atoms with Gasteiger partial charge in [0.15, 0.2) is 6.61 Å². The molecular weight excluding hydrogens is 436 g/mol. The van der Waals surface area contributed by atoms with Gasteiger partial charge in [-0.2, -0.15) is 0 Å². The smallest absolute Gasteiger partial charge is 0.344 e. The topological polar surface area (TPSA) is 111 Å². The van der Waals surface area contributed by atoms with Gasteiger partial charge in [0.05, 0.1) is 10.9 Å². The van der Waals surface area contributed by atoms with E-state index in [4.69, 9.17) is 25.5 Å². The van der Waals surface area contributed by atoms with Crippen molar-refractivity contribution in [3.63, 3.8) is 0 Å².